The molecule has 0 spiro atoms. The number of ether oxygens (including phenoxy) is 1. The van der Waals surface area contributed by atoms with Crippen molar-refractivity contribution in [1.29, 1.82) is 0 Å². The molecule has 0 saturated heterocycles. The molecule has 0 unspecified atom stereocenters. The lowest BCUT2D eigenvalue weighted by atomic mass is 10.1. The third-order valence-electron chi connectivity index (χ3n) is 4.14. The van der Waals surface area contributed by atoms with Crippen LogP contribution in [0.4, 0.5) is 18.9 Å². The molecule has 0 aliphatic carbocycles. The largest absolute Gasteiger partial charge is 0.493 e. The van der Waals surface area contributed by atoms with E-state index in [1.807, 2.05) is 0 Å². The van der Waals surface area contributed by atoms with Crippen LogP contribution in [0.1, 0.15) is 24.5 Å². The van der Waals surface area contributed by atoms with E-state index in [0.717, 1.165) is 6.07 Å². The van der Waals surface area contributed by atoms with Crippen LogP contribution in [0.3, 0.4) is 0 Å². The third-order valence-corrected chi connectivity index (χ3v) is 4.14. The van der Waals surface area contributed by atoms with Gasteiger partial charge in [0.1, 0.15) is 11.8 Å². The van der Waals surface area contributed by atoms with Crippen molar-refractivity contribution in [3.63, 3.8) is 0 Å². The van der Waals surface area contributed by atoms with Gasteiger partial charge in [-0.1, -0.05) is 24.3 Å². The van der Waals surface area contributed by atoms with Gasteiger partial charge in [0.2, 0.25) is 11.8 Å². The van der Waals surface area contributed by atoms with E-state index in [-0.39, 0.29) is 25.1 Å². The molecule has 7 nitrogen and oxygen atoms in total. The fourth-order valence-electron chi connectivity index (χ4n) is 2.72. The van der Waals surface area contributed by atoms with E-state index in [4.69, 9.17) is 9.84 Å². The van der Waals surface area contributed by atoms with Gasteiger partial charge in [-0.25, -0.2) is 4.79 Å². The minimum atomic E-state index is -4.58. The quantitative estimate of drug-likeness (QED) is 0.558. The van der Waals surface area contributed by atoms with Crippen LogP contribution < -0.4 is 15.4 Å². The van der Waals surface area contributed by atoms with E-state index in [2.05, 4.69) is 10.6 Å². The maximum atomic E-state index is 13.0. The lowest BCUT2D eigenvalue weighted by molar-refractivity contribution is -0.141. The first-order valence-corrected chi connectivity index (χ1v) is 9.24. The molecule has 0 radical (unpaired) electrons. The minimum Gasteiger partial charge on any atom is -0.493 e. The van der Waals surface area contributed by atoms with Crippen molar-refractivity contribution in [3.05, 3.63) is 59.7 Å². The van der Waals surface area contributed by atoms with Crippen LogP contribution in [0.2, 0.25) is 0 Å². The SMILES string of the molecule is CC(=O)N[C@@H](Cc1ccc(OCCC(=O)Nc2ccccc2C(F)(F)F)cc1)C(=O)O. The van der Waals surface area contributed by atoms with E-state index in [0.29, 0.717) is 11.3 Å². The van der Waals surface area contributed by atoms with Crippen LogP contribution in [0.15, 0.2) is 48.5 Å². The predicted octanol–water partition coefficient (Wildman–Crippen LogP) is 3.24. The first-order chi connectivity index (χ1) is 14.6. The van der Waals surface area contributed by atoms with Crippen molar-refractivity contribution < 1.29 is 37.4 Å². The standard InChI is InChI=1S/C21H21F3N2O5/c1-13(27)25-18(20(29)30)12-14-6-8-15(9-7-14)31-11-10-19(28)26-17-5-3-2-4-16(17)21(22,23)24/h2-9,18H,10-12H2,1H3,(H,25,27)(H,26,28)(H,29,30)/t18-/m0/s1. The molecule has 0 aliphatic rings. The maximum absolute atomic E-state index is 13.0. The molecule has 0 bridgehead atoms. The van der Waals surface area contributed by atoms with E-state index in [1.54, 1.807) is 24.3 Å². The van der Waals surface area contributed by atoms with Crippen molar-refractivity contribution in [3.8, 4) is 5.75 Å². The highest BCUT2D eigenvalue weighted by molar-refractivity contribution is 5.91. The van der Waals surface area contributed by atoms with Crippen molar-refractivity contribution in [2.24, 2.45) is 0 Å². The molecule has 2 aromatic carbocycles. The van der Waals surface area contributed by atoms with Gasteiger partial charge in [0, 0.05) is 13.3 Å². The summed E-state index contributed by atoms with van der Waals surface area (Å²) in [5.74, 6) is -1.84. The Labute approximate surface area is 176 Å². The minimum absolute atomic E-state index is 0.0665. The molecule has 1 atom stereocenters. The first-order valence-electron chi connectivity index (χ1n) is 9.24. The van der Waals surface area contributed by atoms with Crippen LogP contribution in [-0.4, -0.2) is 35.5 Å². The number of rotatable bonds is 9. The lowest BCUT2D eigenvalue weighted by Gasteiger charge is -2.14. The fraction of sp³-hybridized carbons (Fsp3) is 0.286. The summed E-state index contributed by atoms with van der Waals surface area (Å²) >= 11 is 0. The second kappa shape index (κ2) is 10.5. The molecule has 2 rings (SSSR count). The highest BCUT2D eigenvalue weighted by Crippen LogP contribution is 2.34. The molecular formula is C21H21F3N2O5. The Bertz CT molecular complexity index is 929. The van der Waals surface area contributed by atoms with Crippen molar-refractivity contribution in [2.75, 3.05) is 11.9 Å². The summed E-state index contributed by atoms with van der Waals surface area (Å²) in [5.41, 5.74) is -0.606. The van der Waals surface area contributed by atoms with Crippen LogP contribution in [0.25, 0.3) is 0 Å². The Hall–Kier alpha value is -3.56. The molecule has 10 heteroatoms. The van der Waals surface area contributed by atoms with Gasteiger partial charge in [-0.3, -0.25) is 9.59 Å². The monoisotopic (exact) mass is 438 g/mol. The second-order valence-corrected chi connectivity index (χ2v) is 6.63. The smallest absolute Gasteiger partial charge is 0.418 e. The summed E-state index contributed by atoms with van der Waals surface area (Å²) in [6.07, 6.45) is -4.67. The van der Waals surface area contributed by atoms with Crippen molar-refractivity contribution in [2.45, 2.75) is 32.0 Å². The number of carboxylic acid groups (broad SMARTS) is 1. The molecule has 0 aromatic heterocycles. The van der Waals surface area contributed by atoms with E-state index in [9.17, 15) is 27.6 Å². The number of alkyl halides is 3. The number of carbonyl (C=O) groups excluding carboxylic acids is 2. The summed E-state index contributed by atoms with van der Waals surface area (Å²) < 4.78 is 44.3. The van der Waals surface area contributed by atoms with E-state index < -0.39 is 35.6 Å². The Balaban J connectivity index is 1.86. The van der Waals surface area contributed by atoms with Gasteiger partial charge >= 0.3 is 12.1 Å². The summed E-state index contributed by atoms with van der Waals surface area (Å²) in [5, 5.41) is 13.7. The van der Waals surface area contributed by atoms with Gasteiger partial charge in [0.05, 0.1) is 24.3 Å². The van der Waals surface area contributed by atoms with Gasteiger partial charge in [-0.15, -0.1) is 0 Å². The number of amides is 2. The van der Waals surface area contributed by atoms with Crippen LogP contribution >= 0.6 is 0 Å². The maximum Gasteiger partial charge on any atom is 0.418 e. The fourth-order valence-corrected chi connectivity index (χ4v) is 2.72. The molecule has 0 aliphatic heterocycles. The molecule has 0 fully saturated rings. The molecule has 3 N–H and O–H groups in total. The zero-order valence-corrected chi connectivity index (χ0v) is 16.5. The number of benzene rings is 2. The number of hydrogen-bond donors (Lipinski definition) is 3. The summed E-state index contributed by atoms with van der Waals surface area (Å²) in [6, 6.07) is 9.99. The average Bonchev–Trinajstić information content (AvgIpc) is 2.68. The number of hydrogen-bond acceptors (Lipinski definition) is 4. The number of para-hydroxylation sites is 1. The lowest BCUT2D eigenvalue weighted by Crippen LogP contribution is -2.41. The summed E-state index contributed by atoms with van der Waals surface area (Å²) in [6.45, 7) is 1.16. The number of carboxylic acids is 1. The van der Waals surface area contributed by atoms with Gasteiger partial charge in [0.25, 0.3) is 0 Å². The normalized spacial score (nSPS) is 12.0. The molecule has 2 aromatic rings. The summed E-state index contributed by atoms with van der Waals surface area (Å²) in [4.78, 5) is 34.2. The van der Waals surface area contributed by atoms with Crippen LogP contribution in [-0.2, 0) is 27.0 Å². The van der Waals surface area contributed by atoms with Gasteiger partial charge in [-0.2, -0.15) is 13.2 Å². The highest BCUT2D eigenvalue weighted by atomic mass is 19.4. The van der Waals surface area contributed by atoms with Crippen LogP contribution in [0.5, 0.6) is 5.75 Å². The highest BCUT2D eigenvalue weighted by Gasteiger charge is 2.33. The molecular weight excluding hydrogens is 417 g/mol. The molecule has 166 valence electrons. The number of halogens is 3. The van der Waals surface area contributed by atoms with E-state index in [1.165, 1.54) is 25.1 Å². The van der Waals surface area contributed by atoms with Crippen molar-refractivity contribution >= 4 is 23.5 Å². The first kappa shape index (κ1) is 23.7. The number of carbonyl (C=O) groups is 3. The van der Waals surface area contributed by atoms with Crippen molar-refractivity contribution in [1.82, 2.24) is 5.32 Å². The third kappa shape index (κ3) is 7.65. The van der Waals surface area contributed by atoms with Crippen LogP contribution in [0, 0.1) is 0 Å². The van der Waals surface area contributed by atoms with Gasteiger partial charge in [0.15, 0.2) is 0 Å². The number of anilines is 1. The molecule has 31 heavy (non-hydrogen) atoms. The molecule has 0 saturated carbocycles. The zero-order valence-electron chi connectivity index (χ0n) is 16.5. The second-order valence-electron chi connectivity index (χ2n) is 6.63. The van der Waals surface area contributed by atoms with Gasteiger partial charge < -0.3 is 20.5 Å². The Morgan fingerprint density at radius 1 is 1.06 bits per heavy atom. The van der Waals surface area contributed by atoms with E-state index >= 15 is 0 Å². The Morgan fingerprint density at radius 2 is 1.71 bits per heavy atom. The van der Waals surface area contributed by atoms with Gasteiger partial charge in [-0.05, 0) is 29.8 Å². The Morgan fingerprint density at radius 3 is 2.29 bits per heavy atom. The average molecular weight is 438 g/mol. The zero-order chi connectivity index (χ0) is 23.0. The molecule has 0 heterocycles. The number of nitrogens with one attached hydrogen (secondary N) is 2. The molecule has 2 amide bonds. The summed E-state index contributed by atoms with van der Waals surface area (Å²) in [7, 11) is 0. The Kier molecular flexibility index (Phi) is 8.00. The predicted molar refractivity (Wildman–Crippen MR) is 106 cm³/mol. The topological polar surface area (TPSA) is 105 Å². The number of aliphatic carboxylic acids is 1.